The molecule has 0 saturated heterocycles. The van der Waals surface area contributed by atoms with Gasteiger partial charge in [-0.25, -0.2) is 4.39 Å². The van der Waals surface area contributed by atoms with Crippen LogP contribution in [0.1, 0.15) is 24.8 Å². The molecule has 0 spiro atoms. The molecule has 106 valence electrons. The molecule has 5 heteroatoms. The number of esters is 1. The van der Waals surface area contributed by atoms with Gasteiger partial charge in [-0.3, -0.25) is 9.59 Å². The van der Waals surface area contributed by atoms with Crippen LogP contribution in [-0.4, -0.2) is 23.5 Å². The molecule has 2 rings (SSSR count). The van der Waals surface area contributed by atoms with Gasteiger partial charge in [0, 0.05) is 18.4 Å². The van der Waals surface area contributed by atoms with E-state index < -0.39 is 23.6 Å². The normalized spacial score (nSPS) is 22.3. The summed E-state index contributed by atoms with van der Waals surface area (Å²) in [6.45, 7) is 1.85. The Hall–Kier alpha value is -2.17. The first-order valence-corrected chi connectivity index (χ1v) is 6.38. The fourth-order valence-electron chi connectivity index (χ4n) is 2.39. The third kappa shape index (κ3) is 2.87. The summed E-state index contributed by atoms with van der Waals surface area (Å²) in [7, 11) is 0. The van der Waals surface area contributed by atoms with Crippen LogP contribution in [0.2, 0.25) is 0 Å². The molecule has 0 aliphatic heterocycles. The largest absolute Gasteiger partial charge is 0.511 e. The monoisotopic (exact) mass is 278 g/mol. The molecule has 4 nitrogen and oxygen atoms in total. The van der Waals surface area contributed by atoms with Crippen molar-refractivity contribution in [3.8, 4) is 0 Å². The highest BCUT2D eigenvalue weighted by molar-refractivity contribution is 5.94. The van der Waals surface area contributed by atoms with Gasteiger partial charge in [0.1, 0.15) is 17.5 Å². The van der Waals surface area contributed by atoms with Crippen LogP contribution in [0, 0.1) is 11.7 Å². The van der Waals surface area contributed by atoms with Crippen molar-refractivity contribution in [3.05, 3.63) is 47.5 Å². The van der Waals surface area contributed by atoms with Gasteiger partial charge >= 0.3 is 5.97 Å². The summed E-state index contributed by atoms with van der Waals surface area (Å²) in [5.41, 5.74) is 0.623. The lowest BCUT2D eigenvalue weighted by Crippen LogP contribution is -2.31. The molecule has 0 saturated carbocycles. The minimum Gasteiger partial charge on any atom is -0.511 e. The number of allylic oxidation sites excluding steroid dienone is 1. The van der Waals surface area contributed by atoms with Crippen molar-refractivity contribution in [1.29, 1.82) is 0 Å². The molecular weight excluding hydrogens is 263 g/mol. The second-order valence-electron chi connectivity index (χ2n) is 4.63. The number of ketones is 1. The van der Waals surface area contributed by atoms with Crippen molar-refractivity contribution in [2.24, 2.45) is 5.92 Å². The van der Waals surface area contributed by atoms with E-state index in [0.717, 1.165) is 6.08 Å². The quantitative estimate of drug-likeness (QED) is 0.863. The summed E-state index contributed by atoms with van der Waals surface area (Å²) in [5.74, 6) is -3.00. The van der Waals surface area contributed by atoms with Crippen LogP contribution in [0.3, 0.4) is 0 Å². The standard InChI is InChI=1S/C15H15FO4/c1-2-20-15(19)14-12(7-11(17)8-13(14)18)9-3-5-10(16)6-4-9/h3-6,8,12,14,18H,2,7H2,1H3. The zero-order valence-electron chi connectivity index (χ0n) is 11.0. The first kappa shape index (κ1) is 14.2. The maximum absolute atomic E-state index is 13.0. The first-order valence-electron chi connectivity index (χ1n) is 6.38. The Morgan fingerprint density at radius 1 is 1.40 bits per heavy atom. The Bertz CT molecular complexity index is 547. The Kier molecular flexibility index (Phi) is 4.17. The van der Waals surface area contributed by atoms with E-state index >= 15 is 0 Å². The topological polar surface area (TPSA) is 63.6 Å². The van der Waals surface area contributed by atoms with Gasteiger partial charge in [0.15, 0.2) is 5.78 Å². The molecule has 1 aliphatic carbocycles. The Morgan fingerprint density at radius 2 is 2.05 bits per heavy atom. The first-order chi connectivity index (χ1) is 9.52. The van der Waals surface area contributed by atoms with E-state index in [1.165, 1.54) is 24.3 Å². The van der Waals surface area contributed by atoms with Crippen LogP contribution < -0.4 is 0 Å². The second-order valence-corrected chi connectivity index (χ2v) is 4.63. The number of carbonyl (C=O) groups excluding carboxylic acids is 2. The van der Waals surface area contributed by atoms with Gasteiger partial charge < -0.3 is 9.84 Å². The average Bonchev–Trinajstić information content (AvgIpc) is 2.38. The SMILES string of the molecule is CCOC(=O)C1C(O)=CC(=O)CC1c1ccc(F)cc1. The van der Waals surface area contributed by atoms with Gasteiger partial charge in [0.2, 0.25) is 0 Å². The molecule has 20 heavy (non-hydrogen) atoms. The van der Waals surface area contributed by atoms with Gasteiger partial charge in [-0.2, -0.15) is 0 Å². The third-order valence-corrected chi connectivity index (χ3v) is 3.29. The Labute approximate surface area is 115 Å². The van der Waals surface area contributed by atoms with Gasteiger partial charge in [0.25, 0.3) is 0 Å². The summed E-state index contributed by atoms with van der Waals surface area (Å²) < 4.78 is 17.9. The number of ether oxygens (including phenoxy) is 1. The Balaban J connectivity index is 2.37. The number of rotatable bonds is 3. The van der Waals surface area contributed by atoms with E-state index in [1.807, 2.05) is 0 Å². The molecule has 1 aromatic rings. The number of hydrogen-bond acceptors (Lipinski definition) is 4. The minimum absolute atomic E-state index is 0.0825. The summed E-state index contributed by atoms with van der Waals surface area (Å²) in [4.78, 5) is 23.5. The zero-order valence-corrected chi connectivity index (χ0v) is 11.0. The van der Waals surface area contributed by atoms with Crippen LogP contribution in [-0.2, 0) is 14.3 Å². The Morgan fingerprint density at radius 3 is 2.65 bits per heavy atom. The molecule has 0 heterocycles. The van der Waals surface area contributed by atoms with Crippen LogP contribution in [0.5, 0.6) is 0 Å². The highest BCUT2D eigenvalue weighted by Gasteiger charge is 2.38. The predicted octanol–water partition coefficient (Wildman–Crippen LogP) is 2.50. The van der Waals surface area contributed by atoms with Crippen LogP contribution >= 0.6 is 0 Å². The van der Waals surface area contributed by atoms with E-state index in [9.17, 15) is 19.1 Å². The number of benzene rings is 1. The number of hydrogen-bond donors (Lipinski definition) is 1. The van der Waals surface area contributed by atoms with Crippen molar-refractivity contribution >= 4 is 11.8 Å². The fraction of sp³-hybridized carbons (Fsp3) is 0.333. The molecular formula is C15H15FO4. The molecule has 0 aromatic heterocycles. The van der Waals surface area contributed by atoms with E-state index in [1.54, 1.807) is 6.92 Å². The maximum Gasteiger partial charge on any atom is 0.317 e. The zero-order chi connectivity index (χ0) is 14.7. The summed E-state index contributed by atoms with van der Waals surface area (Å²) >= 11 is 0. The van der Waals surface area contributed by atoms with Crippen LogP contribution in [0.4, 0.5) is 4.39 Å². The molecule has 2 unspecified atom stereocenters. The van der Waals surface area contributed by atoms with Crippen molar-refractivity contribution < 1.29 is 23.8 Å². The fourth-order valence-corrected chi connectivity index (χ4v) is 2.39. The summed E-state index contributed by atoms with van der Waals surface area (Å²) in [6.07, 6.45) is 1.14. The average molecular weight is 278 g/mol. The number of carbonyl (C=O) groups is 2. The lowest BCUT2D eigenvalue weighted by Gasteiger charge is -2.27. The molecule has 0 fully saturated rings. The molecule has 0 radical (unpaired) electrons. The second kappa shape index (κ2) is 5.86. The van der Waals surface area contributed by atoms with Crippen molar-refractivity contribution in [1.82, 2.24) is 0 Å². The molecule has 0 amide bonds. The highest BCUT2D eigenvalue weighted by atomic mass is 19.1. The number of halogens is 1. The van der Waals surface area contributed by atoms with E-state index in [0.29, 0.717) is 5.56 Å². The molecule has 1 N–H and O–H groups in total. The number of aliphatic hydroxyl groups is 1. The van der Waals surface area contributed by atoms with Gasteiger partial charge in [-0.05, 0) is 24.6 Å². The molecule has 1 aromatic carbocycles. The lowest BCUT2D eigenvalue weighted by molar-refractivity contribution is -0.148. The van der Waals surface area contributed by atoms with Gasteiger partial charge in [0.05, 0.1) is 6.61 Å². The molecule has 2 atom stereocenters. The summed E-state index contributed by atoms with van der Waals surface area (Å²) in [5, 5.41) is 9.89. The summed E-state index contributed by atoms with van der Waals surface area (Å²) in [6, 6.07) is 5.55. The molecule has 1 aliphatic rings. The van der Waals surface area contributed by atoms with Crippen molar-refractivity contribution in [2.45, 2.75) is 19.3 Å². The van der Waals surface area contributed by atoms with E-state index in [2.05, 4.69) is 0 Å². The lowest BCUT2D eigenvalue weighted by atomic mass is 9.77. The van der Waals surface area contributed by atoms with E-state index in [-0.39, 0.29) is 24.6 Å². The maximum atomic E-state index is 13.0. The van der Waals surface area contributed by atoms with Crippen molar-refractivity contribution in [3.63, 3.8) is 0 Å². The van der Waals surface area contributed by atoms with Gasteiger partial charge in [-0.15, -0.1) is 0 Å². The minimum atomic E-state index is -0.918. The van der Waals surface area contributed by atoms with Crippen LogP contribution in [0.15, 0.2) is 36.1 Å². The molecule has 0 bridgehead atoms. The van der Waals surface area contributed by atoms with Crippen LogP contribution in [0.25, 0.3) is 0 Å². The van der Waals surface area contributed by atoms with Crippen molar-refractivity contribution in [2.75, 3.05) is 6.61 Å². The predicted molar refractivity (Wildman–Crippen MR) is 69.6 cm³/mol. The third-order valence-electron chi connectivity index (χ3n) is 3.29. The highest BCUT2D eigenvalue weighted by Crippen LogP contribution is 2.36. The number of aliphatic hydroxyl groups excluding tert-OH is 1. The van der Waals surface area contributed by atoms with Gasteiger partial charge in [-0.1, -0.05) is 12.1 Å². The van der Waals surface area contributed by atoms with E-state index in [4.69, 9.17) is 4.74 Å². The smallest absolute Gasteiger partial charge is 0.317 e.